The molecule has 0 bridgehead atoms. The Morgan fingerprint density at radius 2 is 2.11 bits per heavy atom. The zero-order valence-corrected chi connectivity index (χ0v) is 10.3. The first kappa shape index (κ1) is 12.4. The minimum atomic E-state index is -1.01. The number of carbonyl (C=O) groups is 1. The van der Waals surface area contributed by atoms with E-state index in [4.69, 9.17) is 21.4 Å². The molecule has 0 amide bonds. The molecule has 0 atom stereocenters. The predicted octanol–water partition coefficient (Wildman–Crippen LogP) is 3.53. The van der Waals surface area contributed by atoms with Gasteiger partial charge in [0, 0.05) is 11.1 Å². The summed E-state index contributed by atoms with van der Waals surface area (Å²) in [7, 11) is 0. The molecule has 1 aromatic heterocycles. The van der Waals surface area contributed by atoms with Crippen molar-refractivity contribution in [2.24, 2.45) is 0 Å². The van der Waals surface area contributed by atoms with Gasteiger partial charge >= 0.3 is 5.97 Å². The molecule has 5 heteroatoms. The van der Waals surface area contributed by atoms with Crippen molar-refractivity contribution in [2.75, 3.05) is 0 Å². The second-order valence-electron chi connectivity index (χ2n) is 3.65. The van der Waals surface area contributed by atoms with Crippen LogP contribution in [0.25, 0.3) is 0 Å². The van der Waals surface area contributed by atoms with Crippen LogP contribution in [0.2, 0.25) is 5.02 Å². The minimum absolute atomic E-state index is 0.161. The second kappa shape index (κ2) is 5.06. The Labute approximate surface area is 109 Å². The number of hydrogen-bond donors (Lipinski definition) is 1. The number of pyridine rings is 1. The molecule has 0 unspecified atom stereocenters. The fraction of sp³-hybridized carbons (Fsp3) is 0.0769. The summed E-state index contributed by atoms with van der Waals surface area (Å²) >= 11 is 5.83. The molecule has 0 aliphatic heterocycles. The lowest BCUT2D eigenvalue weighted by molar-refractivity contribution is 0.0695. The van der Waals surface area contributed by atoms with Gasteiger partial charge in [0.15, 0.2) is 0 Å². The molecule has 1 aromatic carbocycles. The summed E-state index contributed by atoms with van der Waals surface area (Å²) < 4.78 is 5.49. The summed E-state index contributed by atoms with van der Waals surface area (Å²) in [5, 5.41) is 9.45. The van der Waals surface area contributed by atoms with Crippen LogP contribution in [0.4, 0.5) is 0 Å². The number of carboxylic acids is 1. The average Bonchev–Trinajstić information content (AvgIpc) is 2.28. The highest BCUT2D eigenvalue weighted by Crippen LogP contribution is 2.23. The van der Waals surface area contributed by atoms with Gasteiger partial charge in [-0.25, -0.2) is 9.78 Å². The van der Waals surface area contributed by atoms with Crippen molar-refractivity contribution in [1.82, 2.24) is 4.98 Å². The van der Waals surface area contributed by atoms with Gasteiger partial charge in [-0.05, 0) is 31.2 Å². The van der Waals surface area contributed by atoms with Crippen LogP contribution in [0.15, 0.2) is 36.4 Å². The van der Waals surface area contributed by atoms with Crippen LogP contribution in [0.1, 0.15) is 16.1 Å². The normalized spacial score (nSPS) is 10.1. The minimum Gasteiger partial charge on any atom is -0.478 e. The molecule has 0 spiro atoms. The van der Waals surface area contributed by atoms with Crippen LogP contribution < -0.4 is 4.74 Å². The van der Waals surface area contributed by atoms with Crippen LogP contribution in [-0.2, 0) is 0 Å². The van der Waals surface area contributed by atoms with Crippen molar-refractivity contribution in [3.8, 4) is 11.6 Å². The van der Waals surface area contributed by atoms with Gasteiger partial charge < -0.3 is 9.84 Å². The Morgan fingerprint density at radius 1 is 1.33 bits per heavy atom. The number of nitrogens with zero attached hydrogens (tertiary/aromatic N) is 1. The van der Waals surface area contributed by atoms with Crippen LogP contribution in [0.5, 0.6) is 11.6 Å². The number of ether oxygens (including phenoxy) is 1. The van der Waals surface area contributed by atoms with Crippen LogP contribution in [-0.4, -0.2) is 16.1 Å². The monoisotopic (exact) mass is 263 g/mol. The molecule has 0 saturated heterocycles. The Kier molecular flexibility index (Phi) is 3.48. The quantitative estimate of drug-likeness (QED) is 0.920. The maximum atomic E-state index is 10.8. The molecule has 0 fully saturated rings. The highest BCUT2D eigenvalue weighted by Gasteiger charge is 2.09. The molecule has 0 aliphatic carbocycles. The van der Waals surface area contributed by atoms with E-state index in [1.807, 2.05) is 0 Å². The first-order valence-electron chi connectivity index (χ1n) is 5.20. The lowest BCUT2D eigenvalue weighted by Gasteiger charge is -2.07. The van der Waals surface area contributed by atoms with Crippen molar-refractivity contribution in [2.45, 2.75) is 6.92 Å². The summed E-state index contributed by atoms with van der Waals surface area (Å²) in [5.74, 6) is -0.119. The fourth-order valence-corrected chi connectivity index (χ4v) is 1.65. The maximum Gasteiger partial charge on any atom is 0.337 e. The molecule has 2 aromatic rings. The predicted molar refractivity (Wildman–Crippen MR) is 67.5 cm³/mol. The molecule has 1 N–H and O–H groups in total. The van der Waals surface area contributed by atoms with E-state index >= 15 is 0 Å². The number of rotatable bonds is 3. The van der Waals surface area contributed by atoms with Gasteiger partial charge in [0.25, 0.3) is 0 Å². The lowest BCUT2D eigenvalue weighted by atomic mass is 10.2. The molecule has 0 aliphatic rings. The average molecular weight is 264 g/mol. The van der Waals surface area contributed by atoms with Crippen LogP contribution in [0, 0.1) is 6.92 Å². The fourth-order valence-electron chi connectivity index (χ4n) is 1.47. The van der Waals surface area contributed by atoms with E-state index in [9.17, 15) is 4.79 Å². The number of hydrogen-bond acceptors (Lipinski definition) is 3. The SMILES string of the molecule is Cc1nc(Oc2cccc(Cl)c2)ccc1C(=O)O. The van der Waals surface area contributed by atoms with Gasteiger partial charge in [-0.3, -0.25) is 0 Å². The largest absolute Gasteiger partial charge is 0.478 e. The van der Waals surface area contributed by atoms with Crippen molar-refractivity contribution >= 4 is 17.6 Å². The molecule has 2 rings (SSSR count). The van der Waals surface area contributed by atoms with Gasteiger partial charge in [0.1, 0.15) is 5.75 Å². The number of benzene rings is 1. The third-order valence-electron chi connectivity index (χ3n) is 2.31. The molecule has 1 heterocycles. The second-order valence-corrected chi connectivity index (χ2v) is 4.08. The lowest BCUT2D eigenvalue weighted by Crippen LogP contribution is -2.02. The van der Waals surface area contributed by atoms with E-state index in [0.29, 0.717) is 22.3 Å². The number of aromatic nitrogens is 1. The highest BCUT2D eigenvalue weighted by molar-refractivity contribution is 6.30. The maximum absolute atomic E-state index is 10.8. The van der Waals surface area contributed by atoms with E-state index in [1.165, 1.54) is 12.1 Å². The van der Waals surface area contributed by atoms with E-state index in [0.717, 1.165) is 0 Å². The molecular weight excluding hydrogens is 254 g/mol. The van der Waals surface area contributed by atoms with E-state index in [1.54, 1.807) is 31.2 Å². The smallest absolute Gasteiger partial charge is 0.337 e. The molecule has 0 radical (unpaired) electrons. The first-order chi connectivity index (χ1) is 8.56. The Balaban J connectivity index is 2.25. The number of aromatic carboxylic acids is 1. The van der Waals surface area contributed by atoms with Crippen LogP contribution in [0.3, 0.4) is 0 Å². The van der Waals surface area contributed by atoms with Crippen molar-refractivity contribution in [3.63, 3.8) is 0 Å². The number of halogens is 1. The molecule has 4 nitrogen and oxygen atoms in total. The molecule has 0 saturated carbocycles. The van der Waals surface area contributed by atoms with E-state index in [-0.39, 0.29) is 5.56 Å². The Hall–Kier alpha value is -2.07. The third-order valence-corrected chi connectivity index (χ3v) is 2.54. The summed E-state index contributed by atoms with van der Waals surface area (Å²) in [5.41, 5.74) is 0.565. The summed E-state index contributed by atoms with van der Waals surface area (Å²) in [6.07, 6.45) is 0. The first-order valence-corrected chi connectivity index (χ1v) is 5.58. The highest BCUT2D eigenvalue weighted by atomic mass is 35.5. The van der Waals surface area contributed by atoms with E-state index < -0.39 is 5.97 Å². The number of carboxylic acid groups (broad SMARTS) is 1. The van der Waals surface area contributed by atoms with Gasteiger partial charge in [-0.1, -0.05) is 17.7 Å². The van der Waals surface area contributed by atoms with Crippen molar-refractivity contribution in [1.29, 1.82) is 0 Å². The zero-order valence-electron chi connectivity index (χ0n) is 9.55. The van der Waals surface area contributed by atoms with Crippen LogP contribution >= 0.6 is 11.6 Å². The summed E-state index contributed by atoms with van der Waals surface area (Å²) in [4.78, 5) is 14.9. The third kappa shape index (κ3) is 2.78. The standard InChI is InChI=1S/C13H10ClNO3/c1-8-11(13(16)17)5-6-12(15-8)18-10-4-2-3-9(14)7-10/h2-7H,1H3,(H,16,17). The molecule has 18 heavy (non-hydrogen) atoms. The van der Waals surface area contributed by atoms with Gasteiger partial charge in [0.2, 0.25) is 5.88 Å². The van der Waals surface area contributed by atoms with Gasteiger partial charge in [0.05, 0.1) is 11.3 Å². The summed E-state index contributed by atoms with van der Waals surface area (Å²) in [6, 6.07) is 9.87. The topological polar surface area (TPSA) is 59.4 Å². The van der Waals surface area contributed by atoms with E-state index in [2.05, 4.69) is 4.98 Å². The van der Waals surface area contributed by atoms with Gasteiger partial charge in [-0.15, -0.1) is 0 Å². The van der Waals surface area contributed by atoms with Crippen molar-refractivity contribution in [3.05, 3.63) is 52.7 Å². The Morgan fingerprint density at radius 3 is 2.72 bits per heavy atom. The summed E-state index contributed by atoms with van der Waals surface area (Å²) in [6.45, 7) is 1.62. The molecule has 92 valence electrons. The van der Waals surface area contributed by atoms with Gasteiger partial charge in [-0.2, -0.15) is 0 Å². The zero-order chi connectivity index (χ0) is 13.1. The Bertz CT molecular complexity index is 599. The molecular formula is C13H10ClNO3. The van der Waals surface area contributed by atoms with Crippen molar-refractivity contribution < 1.29 is 14.6 Å². The number of aryl methyl sites for hydroxylation is 1.